The van der Waals surface area contributed by atoms with Gasteiger partial charge in [-0.3, -0.25) is 4.79 Å². The molecule has 250 valence electrons. The molecule has 0 bridgehead atoms. The highest BCUT2D eigenvalue weighted by molar-refractivity contribution is 5.91. The van der Waals surface area contributed by atoms with Crippen LogP contribution >= 0.6 is 0 Å². The van der Waals surface area contributed by atoms with E-state index in [0.29, 0.717) is 47.5 Å². The highest BCUT2D eigenvalue weighted by atomic mass is 16.5. The van der Waals surface area contributed by atoms with Crippen LogP contribution in [-0.2, 0) is 22.6 Å². The number of carbonyl (C=O) groups is 1. The van der Waals surface area contributed by atoms with Gasteiger partial charge in [0.25, 0.3) is 0 Å². The highest BCUT2D eigenvalue weighted by Gasteiger charge is 2.41. The number of methoxy groups -OCH3 is 6. The second-order valence-electron chi connectivity index (χ2n) is 11.8. The van der Waals surface area contributed by atoms with Crippen molar-refractivity contribution in [2.45, 2.75) is 46.8 Å². The van der Waals surface area contributed by atoms with Gasteiger partial charge in [0.05, 0.1) is 67.8 Å². The van der Waals surface area contributed by atoms with Crippen molar-refractivity contribution in [1.29, 1.82) is 0 Å². The van der Waals surface area contributed by atoms with Gasteiger partial charge in [0.2, 0.25) is 5.91 Å². The van der Waals surface area contributed by atoms with Gasteiger partial charge in [-0.25, -0.2) is 0 Å². The average molecular weight is 644 g/mol. The van der Waals surface area contributed by atoms with Crippen LogP contribution in [0.15, 0.2) is 42.1 Å². The van der Waals surface area contributed by atoms with Crippen LogP contribution < -0.4 is 28.4 Å². The topological polar surface area (TPSA) is 84.9 Å². The molecule has 1 heterocycles. The Morgan fingerprint density at radius 2 is 1.32 bits per heavy atom. The molecule has 1 aliphatic carbocycles. The van der Waals surface area contributed by atoms with Gasteiger partial charge < -0.3 is 38.1 Å². The van der Waals surface area contributed by atoms with E-state index in [2.05, 4.69) is 0 Å². The van der Waals surface area contributed by atoms with Gasteiger partial charge in [-0.15, -0.1) is 0 Å². The van der Waals surface area contributed by atoms with E-state index in [9.17, 15) is 4.79 Å². The summed E-state index contributed by atoms with van der Waals surface area (Å²) in [6.07, 6.45) is 4.34. The molecule has 0 N–H and O–H groups in total. The summed E-state index contributed by atoms with van der Waals surface area (Å²) in [4.78, 5) is 16.7. The Bertz CT molecular complexity index is 1730. The standard InChI is InChI=1S/C38H45NO8/c1-21-16-27-28(32(41-5)23(3)34(43-7)36(27)45-9)17-26(21)38(40)39-18-22(2)30-31(29(39)20-47-19-25-14-12-11-13-15-25)37(46-10)35(44-8)24(4)33(30)42-6/h11-16,18,26,29H,17,19-20H2,1-10H3/t26-,29?/m1/s1. The van der Waals surface area contributed by atoms with Crippen molar-refractivity contribution in [3.8, 4) is 34.5 Å². The molecule has 0 saturated carbocycles. The fourth-order valence-electron chi connectivity index (χ4n) is 7.09. The van der Waals surface area contributed by atoms with Gasteiger partial charge >= 0.3 is 0 Å². The summed E-state index contributed by atoms with van der Waals surface area (Å²) in [5, 5.41) is 0. The number of rotatable bonds is 11. The molecule has 0 aromatic heterocycles. The lowest BCUT2D eigenvalue weighted by Crippen LogP contribution is -2.41. The monoisotopic (exact) mass is 643 g/mol. The van der Waals surface area contributed by atoms with Gasteiger partial charge in [0.15, 0.2) is 23.0 Å². The molecule has 9 heteroatoms. The van der Waals surface area contributed by atoms with Crippen molar-refractivity contribution in [2.24, 2.45) is 5.92 Å². The average Bonchev–Trinajstić information content (AvgIpc) is 3.08. The van der Waals surface area contributed by atoms with Crippen molar-refractivity contribution < 1.29 is 38.0 Å². The van der Waals surface area contributed by atoms with E-state index in [0.717, 1.165) is 50.1 Å². The molecular weight excluding hydrogens is 598 g/mol. The molecule has 3 aromatic rings. The van der Waals surface area contributed by atoms with Gasteiger partial charge in [0.1, 0.15) is 11.5 Å². The molecule has 3 aromatic carbocycles. The smallest absolute Gasteiger partial charge is 0.234 e. The number of nitrogens with zero attached hydrogens (tertiary/aromatic N) is 1. The first kappa shape index (κ1) is 33.7. The van der Waals surface area contributed by atoms with Gasteiger partial charge in [-0.1, -0.05) is 42.0 Å². The molecule has 0 fully saturated rings. The van der Waals surface area contributed by atoms with Gasteiger partial charge in [-0.2, -0.15) is 0 Å². The molecule has 9 nitrogen and oxygen atoms in total. The largest absolute Gasteiger partial charge is 0.496 e. The van der Waals surface area contributed by atoms with Crippen LogP contribution in [0.25, 0.3) is 11.6 Å². The van der Waals surface area contributed by atoms with Crippen molar-refractivity contribution in [1.82, 2.24) is 4.90 Å². The number of hydrogen-bond acceptors (Lipinski definition) is 8. The number of carbonyl (C=O) groups excluding carboxylic acids is 1. The second kappa shape index (κ2) is 14.0. The molecular formula is C38H45NO8. The van der Waals surface area contributed by atoms with Crippen LogP contribution in [-0.4, -0.2) is 60.1 Å². The van der Waals surface area contributed by atoms with Gasteiger partial charge in [-0.05, 0) is 45.3 Å². The molecule has 5 rings (SSSR count). The van der Waals surface area contributed by atoms with Crippen molar-refractivity contribution in [3.63, 3.8) is 0 Å². The minimum absolute atomic E-state index is 0.0715. The molecule has 0 saturated heterocycles. The summed E-state index contributed by atoms with van der Waals surface area (Å²) in [7, 11) is 9.75. The summed E-state index contributed by atoms with van der Waals surface area (Å²) in [6.45, 7) is 8.44. The Balaban J connectivity index is 1.63. The first-order chi connectivity index (χ1) is 22.7. The zero-order chi connectivity index (χ0) is 34.0. The van der Waals surface area contributed by atoms with E-state index in [1.807, 2.05) is 70.3 Å². The zero-order valence-electron chi connectivity index (χ0n) is 29.0. The van der Waals surface area contributed by atoms with E-state index in [1.165, 1.54) is 0 Å². The predicted octanol–water partition coefficient (Wildman–Crippen LogP) is 7.09. The summed E-state index contributed by atoms with van der Waals surface area (Å²) >= 11 is 0. The van der Waals surface area contributed by atoms with Crippen LogP contribution in [0, 0.1) is 19.8 Å². The Hall–Kier alpha value is -4.63. The minimum Gasteiger partial charge on any atom is -0.496 e. The Kier molecular flexibility index (Phi) is 10.1. The summed E-state index contributed by atoms with van der Waals surface area (Å²) in [5.74, 6) is 3.16. The summed E-state index contributed by atoms with van der Waals surface area (Å²) < 4.78 is 41.7. The molecule has 1 unspecified atom stereocenters. The minimum atomic E-state index is -0.536. The van der Waals surface area contributed by atoms with E-state index in [1.54, 1.807) is 47.6 Å². The van der Waals surface area contributed by atoms with E-state index in [-0.39, 0.29) is 12.5 Å². The molecule has 2 atom stereocenters. The van der Waals surface area contributed by atoms with Crippen molar-refractivity contribution in [3.05, 3.63) is 81.0 Å². The van der Waals surface area contributed by atoms with Crippen LogP contribution in [0.2, 0.25) is 0 Å². The summed E-state index contributed by atoms with van der Waals surface area (Å²) in [6, 6.07) is 9.43. The highest BCUT2D eigenvalue weighted by Crippen LogP contribution is 2.53. The van der Waals surface area contributed by atoms with Crippen LogP contribution in [0.3, 0.4) is 0 Å². The van der Waals surface area contributed by atoms with E-state index >= 15 is 0 Å². The third-order valence-corrected chi connectivity index (χ3v) is 9.25. The predicted molar refractivity (Wildman–Crippen MR) is 182 cm³/mol. The van der Waals surface area contributed by atoms with Crippen molar-refractivity contribution >= 4 is 17.6 Å². The Morgan fingerprint density at radius 1 is 0.745 bits per heavy atom. The maximum Gasteiger partial charge on any atom is 0.234 e. The van der Waals surface area contributed by atoms with E-state index < -0.39 is 12.0 Å². The Labute approximate surface area is 277 Å². The normalized spacial score (nSPS) is 16.8. The van der Waals surface area contributed by atoms with Crippen LogP contribution in [0.5, 0.6) is 34.5 Å². The summed E-state index contributed by atoms with van der Waals surface area (Å²) in [5.41, 5.74) is 7.86. The SMILES string of the molecule is COc1c(C)c(OC)c(OC)c2c1C[C@@H](C(=O)N1C=C(C)c3c(OC)c(C)c(OC)c(OC)c3C1COCc1ccccc1)C(C)=C2. The molecule has 2 aliphatic rings. The quantitative estimate of drug-likeness (QED) is 0.219. The molecule has 1 amide bonds. The first-order valence-corrected chi connectivity index (χ1v) is 15.6. The number of hydrogen-bond donors (Lipinski definition) is 0. The lowest BCUT2D eigenvalue weighted by Gasteiger charge is -2.39. The van der Waals surface area contributed by atoms with Crippen molar-refractivity contribution in [2.75, 3.05) is 49.3 Å². The fourth-order valence-corrected chi connectivity index (χ4v) is 7.09. The lowest BCUT2D eigenvalue weighted by atomic mass is 9.80. The number of amides is 1. The molecule has 47 heavy (non-hydrogen) atoms. The first-order valence-electron chi connectivity index (χ1n) is 15.6. The molecule has 1 aliphatic heterocycles. The number of allylic oxidation sites excluding steroid dienone is 1. The Morgan fingerprint density at radius 3 is 1.91 bits per heavy atom. The maximum absolute atomic E-state index is 14.9. The number of fused-ring (bicyclic) bond motifs is 2. The van der Waals surface area contributed by atoms with Crippen LogP contribution in [0.1, 0.15) is 58.8 Å². The van der Waals surface area contributed by atoms with Crippen LogP contribution in [0.4, 0.5) is 0 Å². The second-order valence-corrected chi connectivity index (χ2v) is 11.8. The number of ether oxygens (including phenoxy) is 7. The van der Waals surface area contributed by atoms with E-state index in [4.69, 9.17) is 33.2 Å². The third-order valence-electron chi connectivity index (χ3n) is 9.25. The lowest BCUT2D eigenvalue weighted by molar-refractivity contribution is -0.135. The molecule has 0 spiro atoms. The van der Waals surface area contributed by atoms with Gasteiger partial charge in [0, 0.05) is 39.6 Å². The maximum atomic E-state index is 14.9. The zero-order valence-corrected chi connectivity index (χ0v) is 29.0. The molecule has 0 radical (unpaired) electrons. The fraction of sp³-hybridized carbons (Fsp3) is 0.395. The number of benzene rings is 3. The third kappa shape index (κ3) is 5.78.